The van der Waals surface area contributed by atoms with Crippen LogP contribution in [0.4, 0.5) is 0 Å². The molecule has 7 heteroatoms. The molecule has 1 atom stereocenters. The van der Waals surface area contributed by atoms with Crippen molar-refractivity contribution in [3.8, 4) is 0 Å². The minimum atomic E-state index is -0.303. The van der Waals surface area contributed by atoms with Crippen LogP contribution in [-0.2, 0) is 17.8 Å². The van der Waals surface area contributed by atoms with E-state index >= 15 is 0 Å². The van der Waals surface area contributed by atoms with Gasteiger partial charge in [0, 0.05) is 38.9 Å². The lowest BCUT2D eigenvalue weighted by Gasteiger charge is -2.19. The van der Waals surface area contributed by atoms with Crippen LogP contribution in [0.25, 0.3) is 0 Å². The molecule has 0 radical (unpaired) electrons. The van der Waals surface area contributed by atoms with Gasteiger partial charge in [0.05, 0.1) is 12.7 Å². The average Bonchev–Trinajstić information content (AvgIpc) is 3.06. The maximum Gasteiger partial charge on any atom is 0.108 e. The summed E-state index contributed by atoms with van der Waals surface area (Å²) in [5.41, 5.74) is 1.69. The maximum absolute atomic E-state index is 6.36. The fourth-order valence-corrected chi connectivity index (χ4v) is 3.43. The zero-order valence-corrected chi connectivity index (χ0v) is 16.0. The molecule has 3 nitrogen and oxygen atoms in total. The molecule has 0 aliphatic rings. The number of imidazole rings is 1. The highest BCUT2D eigenvalue weighted by Gasteiger charge is 2.18. The van der Waals surface area contributed by atoms with Crippen molar-refractivity contribution in [3.05, 3.63) is 85.8 Å². The lowest BCUT2D eigenvalue weighted by Crippen LogP contribution is -2.10. The van der Waals surface area contributed by atoms with Gasteiger partial charge >= 0.3 is 0 Å². The number of benzene rings is 2. The van der Waals surface area contributed by atoms with E-state index in [1.807, 2.05) is 12.1 Å². The molecule has 1 N–H and O–H groups in total. The van der Waals surface area contributed by atoms with Crippen LogP contribution in [0.3, 0.4) is 0 Å². The first-order chi connectivity index (χ1) is 12.0. The topological polar surface area (TPSA) is 37.9 Å². The van der Waals surface area contributed by atoms with E-state index in [0.29, 0.717) is 33.1 Å². The second kappa shape index (κ2) is 8.43. The molecule has 0 aliphatic carbocycles. The molecule has 130 valence electrons. The largest absolute Gasteiger partial charge is 0.368 e. The molecule has 3 rings (SSSR count). The molecule has 3 aromatic rings. The molecular weight excluding hydrogens is 402 g/mol. The highest BCUT2D eigenvalue weighted by molar-refractivity contribution is 6.35. The first-order valence-electron chi connectivity index (χ1n) is 7.51. The molecule has 0 saturated carbocycles. The Balaban J connectivity index is 1.83. The molecule has 25 heavy (non-hydrogen) atoms. The van der Waals surface area contributed by atoms with Gasteiger partial charge in [-0.05, 0) is 35.4 Å². The predicted octanol–water partition coefficient (Wildman–Crippen LogP) is 6.52. The van der Waals surface area contributed by atoms with Crippen LogP contribution in [0.2, 0.25) is 20.1 Å². The predicted molar refractivity (Wildman–Crippen MR) is 103 cm³/mol. The Morgan fingerprint density at radius 2 is 1.68 bits per heavy atom. The van der Waals surface area contributed by atoms with Crippen LogP contribution in [0.5, 0.6) is 0 Å². The van der Waals surface area contributed by atoms with Crippen molar-refractivity contribution in [2.24, 2.45) is 0 Å². The second-order valence-electron chi connectivity index (χ2n) is 5.44. The van der Waals surface area contributed by atoms with E-state index in [2.05, 4.69) is 9.97 Å². The van der Waals surface area contributed by atoms with Gasteiger partial charge in [0.15, 0.2) is 0 Å². The quantitative estimate of drug-likeness (QED) is 0.497. The first-order valence-corrected chi connectivity index (χ1v) is 9.03. The van der Waals surface area contributed by atoms with Crippen molar-refractivity contribution in [2.75, 3.05) is 0 Å². The van der Waals surface area contributed by atoms with Gasteiger partial charge in [0.25, 0.3) is 0 Å². The van der Waals surface area contributed by atoms with E-state index in [9.17, 15) is 0 Å². The number of aromatic nitrogens is 2. The van der Waals surface area contributed by atoms with Crippen molar-refractivity contribution >= 4 is 46.4 Å². The zero-order valence-electron chi connectivity index (χ0n) is 13.0. The molecule has 0 bridgehead atoms. The van der Waals surface area contributed by atoms with Gasteiger partial charge in [-0.15, -0.1) is 0 Å². The molecule has 0 unspecified atom stereocenters. The van der Waals surface area contributed by atoms with Crippen LogP contribution < -0.4 is 0 Å². The third-order valence-electron chi connectivity index (χ3n) is 3.70. The summed E-state index contributed by atoms with van der Waals surface area (Å²) < 4.78 is 6.11. The normalized spacial score (nSPS) is 12.3. The SMILES string of the molecule is Clc1ccc(CO[C@H](Cc2ncc[nH]2)c2ccc(Cl)cc2Cl)c(Cl)c1. The summed E-state index contributed by atoms with van der Waals surface area (Å²) in [5, 5.41) is 2.27. The van der Waals surface area contributed by atoms with Crippen LogP contribution in [0.15, 0.2) is 48.8 Å². The Morgan fingerprint density at radius 3 is 2.32 bits per heavy atom. The van der Waals surface area contributed by atoms with Crippen molar-refractivity contribution in [2.45, 2.75) is 19.1 Å². The number of aromatic amines is 1. The third-order valence-corrected chi connectivity index (χ3v) is 4.85. The number of nitrogens with one attached hydrogen (secondary N) is 1. The summed E-state index contributed by atoms with van der Waals surface area (Å²) in [6, 6.07) is 10.7. The molecule has 0 amide bonds. The second-order valence-corrected chi connectivity index (χ2v) is 7.13. The molecule has 0 aliphatic heterocycles. The number of halogens is 4. The van der Waals surface area contributed by atoms with E-state index in [1.54, 1.807) is 36.7 Å². The monoisotopic (exact) mass is 414 g/mol. The Morgan fingerprint density at radius 1 is 0.960 bits per heavy atom. The molecule has 0 fully saturated rings. The van der Waals surface area contributed by atoms with Crippen molar-refractivity contribution in [1.82, 2.24) is 9.97 Å². The molecule has 0 saturated heterocycles. The third kappa shape index (κ3) is 4.90. The van der Waals surface area contributed by atoms with Crippen LogP contribution >= 0.6 is 46.4 Å². The van der Waals surface area contributed by atoms with Crippen molar-refractivity contribution < 1.29 is 4.74 Å². The Hall–Kier alpha value is -1.23. The van der Waals surface area contributed by atoms with E-state index < -0.39 is 0 Å². The standard InChI is InChI=1S/C18H14Cl4N2O/c19-12-2-1-11(15(21)7-12)10-25-17(9-18-23-5-6-24-18)14-4-3-13(20)8-16(14)22/h1-8,17H,9-10H2,(H,23,24)/t17-/m1/s1. The van der Waals surface area contributed by atoms with Crippen LogP contribution in [0.1, 0.15) is 23.1 Å². The Kier molecular flexibility index (Phi) is 6.26. The van der Waals surface area contributed by atoms with Crippen molar-refractivity contribution in [1.29, 1.82) is 0 Å². The van der Waals surface area contributed by atoms with Gasteiger partial charge in [-0.1, -0.05) is 58.5 Å². The Bertz CT molecular complexity index is 852. The van der Waals surface area contributed by atoms with Crippen LogP contribution in [0, 0.1) is 0 Å². The summed E-state index contributed by atoms with van der Waals surface area (Å²) in [6.45, 7) is 0.320. The fourth-order valence-electron chi connectivity index (χ4n) is 2.44. The van der Waals surface area contributed by atoms with Gasteiger partial charge in [-0.25, -0.2) is 4.98 Å². The number of hydrogen-bond donors (Lipinski definition) is 1. The van der Waals surface area contributed by atoms with E-state index in [-0.39, 0.29) is 6.10 Å². The van der Waals surface area contributed by atoms with E-state index in [4.69, 9.17) is 51.1 Å². The molecule has 1 aromatic heterocycles. The summed E-state index contributed by atoms with van der Waals surface area (Å²) >= 11 is 24.5. The minimum absolute atomic E-state index is 0.303. The smallest absolute Gasteiger partial charge is 0.108 e. The number of nitrogens with zero attached hydrogens (tertiary/aromatic N) is 1. The van der Waals surface area contributed by atoms with Crippen LogP contribution in [-0.4, -0.2) is 9.97 Å². The highest BCUT2D eigenvalue weighted by atomic mass is 35.5. The first kappa shape index (κ1) is 18.6. The number of hydrogen-bond acceptors (Lipinski definition) is 2. The van der Waals surface area contributed by atoms with E-state index in [0.717, 1.165) is 17.0 Å². The summed E-state index contributed by atoms with van der Waals surface area (Å²) in [4.78, 5) is 7.35. The van der Waals surface area contributed by atoms with Gasteiger partial charge < -0.3 is 9.72 Å². The highest BCUT2D eigenvalue weighted by Crippen LogP contribution is 2.32. The van der Waals surface area contributed by atoms with Gasteiger partial charge in [0.1, 0.15) is 5.82 Å². The number of rotatable bonds is 6. The number of ether oxygens (including phenoxy) is 1. The molecule has 0 spiro atoms. The molecule has 2 aromatic carbocycles. The average molecular weight is 416 g/mol. The lowest BCUT2D eigenvalue weighted by atomic mass is 10.1. The summed E-state index contributed by atoms with van der Waals surface area (Å²) in [7, 11) is 0. The minimum Gasteiger partial charge on any atom is -0.368 e. The summed E-state index contributed by atoms with van der Waals surface area (Å²) in [5.74, 6) is 0.804. The van der Waals surface area contributed by atoms with Gasteiger partial charge in [-0.2, -0.15) is 0 Å². The fraction of sp³-hybridized carbons (Fsp3) is 0.167. The zero-order chi connectivity index (χ0) is 17.8. The molecular formula is C18H14Cl4N2O. The lowest BCUT2D eigenvalue weighted by molar-refractivity contribution is 0.0388. The maximum atomic E-state index is 6.36. The van der Waals surface area contributed by atoms with E-state index in [1.165, 1.54) is 0 Å². The number of H-pyrrole nitrogens is 1. The molecule has 1 heterocycles. The van der Waals surface area contributed by atoms with Crippen molar-refractivity contribution in [3.63, 3.8) is 0 Å². The summed E-state index contributed by atoms with van der Waals surface area (Å²) in [6.07, 6.45) is 3.71. The van der Waals surface area contributed by atoms with Gasteiger partial charge in [0.2, 0.25) is 0 Å². The van der Waals surface area contributed by atoms with Gasteiger partial charge in [-0.3, -0.25) is 0 Å². The Labute approximate surface area is 165 Å².